The van der Waals surface area contributed by atoms with Crippen LogP contribution in [0.5, 0.6) is 0 Å². The summed E-state index contributed by atoms with van der Waals surface area (Å²) in [5, 5.41) is 11.9. The molecule has 0 spiro atoms. The van der Waals surface area contributed by atoms with E-state index in [2.05, 4.69) is 26.1 Å². The second kappa shape index (κ2) is 9.72. The Morgan fingerprint density at radius 2 is 2.06 bits per heavy atom. The third-order valence-electron chi connectivity index (χ3n) is 9.13. The van der Waals surface area contributed by atoms with Crippen LogP contribution in [0.3, 0.4) is 0 Å². The normalized spacial score (nSPS) is 33.1. The van der Waals surface area contributed by atoms with Crippen LogP contribution >= 0.6 is 0 Å². The number of rotatable bonds is 6. The van der Waals surface area contributed by atoms with Crippen LogP contribution in [0.2, 0.25) is 0 Å². The van der Waals surface area contributed by atoms with Gasteiger partial charge in [-0.15, -0.1) is 0 Å². The van der Waals surface area contributed by atoms with Gasteiger partial charge in [0.2, 0.25) is 5.91 Å². The lowest BCUT2D eigenvalue weighted by Gasteiger charge is -2.64. The molecule has 0 aromatic heterocycles. The maximum Gasteiger partial charge on any atom is 0.482 e. The summed E-state index contributed by atoms with van der Waals surface area (Å²) in [7, 11) is -0.567. The van der Waals surface area contributed by atoms with Crippen molar-refractivity contribution in [2.24, 2.45) is 17.3 Å². The topological polar surface area (TPSA) is 101 Å². The third-order valence-corrected chi connectivity index (χ3v) is 9.13. The largest absolute Gasteiger partial charge is 0.482 e. The van der Waals surface area contributed by atoms with Crippen LogP contribution in [0.25, 0.3) is 0 Å². The molecule has 6 rings (SSSR count). The highest BCUT2D eigenvalue weighted by Crippen LogP contribution is 2.65. The van der Waals surface area contributed by atoms with E-state index in [1.807, 2.05) is 36.4 Å². The minimum absolute atomic E-state index is 0.0217. The molecule has 1 N–H and O–H groups in total. The Hall–Kier alpha value is -2.57. The molecule has 2 heterocycles. The van der Waals surface area contributed by atoms with Gasteiger partial charge in [-0.3, -0.25) is 4.79 Å². The molecule has 8 nitrogen and oxygen atoms in total. The molecule has 5 fully saturated rings. The van der Waals surface area contributed by atoms with Gasteiger partial charge in [-0.1, -0.05) is 44.2 Å². The van der Waals surface area contributed by atoms with Gasteiger partial charge in [0.1, 0.15) is 12.5 Å². The lowest BCUT2D eigenvalue weighted by Crippen LogP contribution is -2.65. The number of nitrogens with zero attached hydrogens (tertiary/aromatic N) is 2. The number of hydrogen-bond acceptors (Lipinski definition) is 6. The zero-order chi connectivity index (χ0) is 25.5. The summed E-state index contributed by atoms with van der Waals surface area (Å²) in [5.41, 5.74) is 0.945. The molecule has 2 saturated heterocycles. The van der Waals surface area contributed by atoms with Crippen LogP contribution in [-0.2, 0) is 25.3 Å². The van der Waals surface area contributed by atoms with Gasteiger partial charge in [-0.25, -0.2) is 4.79 Å². The number of likely N-dealkylation sites (tertiary alicyclic amines) is 1. The summed E-state index contributed by atoms with van der Waals surface area (Å²) < 4.78 is 18.9. The summed E-state index contributed by atoms with van der Waals surface area (Å²) in [4.78, 5) is 26.8. The quantitative estimate of drug-likeness (QED) is 0.609. The van der Waals surface area contributed by atoms with Crippen molar-refractivity contribution in [3.05, 3.63) is 35.9 Å². The summed E-state index contributed by atoms with van der Waals surface area (Å²) in [6.07, 6.45) is 3.03. The number of hydrogen-bond donors (Lipinski definition) is 1. The number of piperidine rings is 1. The second-order valence-electron chi connectivity index (χ2n) is 11.6. The second-order valence-corrected chi connectivity index (χ2v) is 11.6. The van der Waals surface area contributed by atoms with Crippen LogP contribution in [0, 0.1) is 28.6 Å². The first-order valence-electron chi connectivity index (χ1n) is 13.2. The number of amides is 2. The van der Waals surface area contributed by atoms with Gasteiger partial charge in [-0.05, 0) is 61.8 Å². The molecule has 2 bridgehead atoms. The number of alkyl carbamates (subject to hydrolysis) is 1. The first-order chi connectivity index (χ1) is 17.2. The van der Waals surface area contributed by atoms with Crippen LogP contribution in [0.1, 0.15) is 58.4 Å². The molecular weight excluding hydrogens is 457 g/mol. The van der Waals surface area contributed by atoms with Crippen molar-refractivity contribution >= 4 is 19.1 Å². The fraction of sp³-hybridized carbons (Fsp3) is 0.667. The van der Waals surface area contributed by atoms with Crippen molar-refractivity contribution in [1.29, 1.82) is 5.26 Å². The van der Waals surface area contributed by atoms with E-state index in [1.165, 1.54) is 0 Å². The highest BCUT2D eigenvalue weighted by atomic mass is 16.7. The molecule has 3 saturated carbocycles. The van der Waals surface area contributed by atoms with Crippen LogP contribution < -0.4 is 5.32 Å². The molecule has 1 aromatic carbocycles. The lowest BCUT2D eigenvalue weighted by atomic mass is 9.43. The molecule has 1 aromatic rings. The zero-order valence-electron chi connectivity index (χ0n) is 21.4. The highest BCUT2D eigenvalue weighted by molar-refractivity contribution is 6.47. The summed E-state index contributed by atoms with van der Waals surface area (Å²) >= 11 is 0. The monoisotopic (exact) mass is 493 g/mol. The Morgan fingerprint density at radius 3 is 2.78 bits per heavy atom. The molecule has 3 aliphatic carbocycles. The van der Waals surface area contributed by atoms with E-state index in [0.717, 1.165) is 24.8 Å². The standard InChI is InChI=1S/C27H36BN3O5/c1-26(2)19-15-21(26)27(3)22(16-19)35-28(36-27)23(14-18-8-5-4-6-9-18)30-25(33)34-20-10-7-13-31(17-20)24(32)11-12-29/h4-6,8-9,19-23H,7,10-11,13-17H2,1-3H3,(H,30,33)/t19-,20-,21-,22+,23-,27-/m0/s1. The summed E-state index contributed by atoms with van der Waals surface area (Å²) in [6.45, 7) is 7.73. The molecule has 0 radical (unpaired) electrons. The Labute approximate surface area is 213 Å². The molecule has 6 atom stereocenters. The molecule has 5 aliphatic rings. The minimum atomic E-state index is -0.567. The van der Waals surface area contributed by atoms with Crippen molar-refractivity contribution in [3.63, 3.8) is 0 Å². The predicted molar refractivity (Wildman–Crippen MR) is 133 cm³/mol. The highest BCUT2D eigenvalue weighted by Gasteiger charge is 2.68. The lowest BCUT2D eigenvalue weighted by molar-refractivity contribution is -0.199. The van der Waals surface area contributed by atoms with E-state index < -0.39 is 25.3 Å². The van der Waals surface area contributed by atoms with E-state index in [-0.39, 0.29) is 29.4 Å². The molecule has 2 aliphatic heterocycles. The van der Waals surface area contributed by atoms with Crippen LogP contribution in [0.15, 0.2) is 30.3 Å². The number of ether oxygens (including phenoxy) is 1. The Morgan fingerprint density at radius 1 is 1.28 bits per heavy atom. The van der Waals surface area contributed by atoms with Gasteiger partial charge >= 0.3 is 13.2 Å². The van der Waals surface area contributed by atoms with Gasteiger partial charge in [0.25, 0.3) is 0 Å². The maximum absolute atomic E-state index is 13.0. The van der Waals surface area contributed by atoms with Gasteiger partial charge < -0.3 is 24.3 Å². The molecule has 192 valence electrons. The number of nitrogens with one attached hydrogen (secondary N) is 1. The molecule has 9 heteroatoms. The van der Waals surface area contributed by atoms with Gasteiger partial charge in [0.15, 0.2) is 0 Å². The Bertz CT molecular complexity index is 1030. The number of carbonyl (C=O) groups is 2. The van der Waals surface area contributed by atoms with Crippen molar-refractivity contribution in [3.8, 4) is 6.07 Å². The average molecular weight is 493 g/mol. The van der Waals surface area contributed by atoms with Crippen LogP contribution in [-0.4, -0.2) is 60.9 Å². The number of carbonyl (C=O) groups excluding carboxylic acids is 2. The first-order valence-corrected chi connectivity index (χ1v) is 13.2. The molecule has 36 heavy (non-hydrogen) atoms. The van der Waals surface area contributed by atoms with Gasteiger partial charge in [-0.2, -0.15) is 5.26 Å². The zero-order valence-corrected chi connectivity index (χ0v) is 21.4. The molecular formula is C27H36BN3O5. The van der Waals surface area contributed by atoms with Crippen molar-refractivity contribution in [2.75, 3.05) is 13.1 Å². The summed E-state index contributed by atoms with van der Waals surface area (Å²) in [6, 6.07) is 11.9. The van der Waals surface area contributed by atoms with E-state index in [9.17, 15) is 9.59 Å². The third kappa shape index (κ3) is 4.61. The predicted octanol–water partition coefficient (Wildman–Crippen LogP) is 3.50. The number of nitriles is 1. The Balaban J connectivity index is 1.26. The summed E-state index contributed by atoms with van der Waals surface area (Å²) in [5.74, 6) is 0.439. The van der Waals surface area contributed by atoms with Gasteiger partial charge in [0, 0.05) is 6.54 Å². The fourth-order valence-corrected chi connectivity index (χ4v) is 6.93. The van der Waals surface area contributed by atoms with E-state index >= 15 is 0 Å². The smallest absolute Gasteiger partial charge is 0.444 e. The SMILES string of the molecule is CC1(C)[C@@H]2C[C@H]3OB([C@H](Cc4ccccc4)NC(=O)O[C@H]4CCCN(C(=O)CC#N)C4)O[C@@]3(C)[C@H]1C2. The van der Waals surface area contributed by atoms with E-state index in [1.54, 1.807) is 4.90 Å². The fourth-order valence-electron chi connectivity index (χ4n) is 6.93. The number of benzene rings is 1. The van der Waals surface area contributed by atoms with Crippen molar-refractivity contribution < 1.29 is 23.6 Å². The Kier molecular flexibility index (Phi) is 6.77. The van der Waals surface area contributed by atoms with Crippen molar-refractivity contribution in [1.82, 2.24) is 10.2 Å². The van der Waals surface area contributed by atoms with E-state index in [0.29, 0.717) is 37.8 Å². The van der Waals surface area contributed by atoms with Crippen LogP contribution in [0.4, 0.5) is 4.79 Å². The maximum atomic E-state index is 13.0. The van der Waals surface area contributed by atoms with Crippen molar-refractivity contribution in [2.45, 2.75) is 83.0 Å². The molecule has 0 unspecified atom stereocenters. The van der Waals surface area contributed by atoms with Gasteiger partial charge in [0.05, 0.1) is 30.3 Å². The average Bonchev–Trinajstić information content (AvgIpc) is 3.21. The van der Waals surface area contributed by atoms with E-state index in [4.69, 9.17) is 19.3 Å². The first kappa shape index (κ1) is 25.1. The molecule has 2 amide bonds. The minimum Gasteiger partial charge on any atom is -0.444 e.